The number of hydrogen-bond donors (Lipinski definition) is 2. The van der Waals surface area contributed by atoms with Crippen molar-refractivity contribution in [2.45, 2.75) is 0 Å². The summed E-state index contributed by atoms with van der Waals surface area (Å²) in [5, 5.41) is 17.0. The van der Waals surface area contributed by atoms with Gasteiger partial charge in [-0.3, -0.25) is 0 Å². The van der Waals surface area contributed by atoms with E-state index in [0.717, 1.165) is 0 Å². The van der Waals surface area contributed by atoms with Crippen molar-refractivity contribution >= 4 is 17.6 Å². The Morgan fingerprint density at radius 1 is 1.15 bits per heavy atom. The normalized spacial score (nSPS) is 11.2. The maximum Gasteiger partial charge on any atom is 0.353 e. The van der Waals surface area contributed by atoms with E-state index in [1.165, 1.54) is 17.0 Å². The van der Waals surface area contributed by atoms with Crippen LogP contribution in [0.15, 0.2) is 30.6 Å². The molecule has 0 radical (unpaired) electrons. The summed E-state index contributed by atoms with van der Waals surface area (Å²) in [4.78, 5) is 20.8. The Morgan fingerprint density at radius 3 is 2.08 bits per heavy atom. The third kappa shape index (κ3) is 2.19. The van der Waals surface area contributed by atoms with Crippen LogP contribution in [0.1, 0.15) is 0 Å². The molecule has 0 amide bonds. The maximum absolute atomic E-state index is 10.6. The molecule has 0 atom stereocenters. The minimum atomic E-state index is -1.29. The molecule has 1 aromatic rings. The van der Waals surface area contributed by atoms with Gasteiger partial charge in [-0.15, -0.1) is 0 Å². The van der Waals surface area contributed by atoms with Gasteiger partial charge in [0, 0.05) is 12.4 Å². The fourth-order valence-electron chi connectivity index (χ4n) is 0.859. The monoisotopic (exact) mass is 181 g/mol. The van der Waals surface area contributed by atoms with E-state index in [2.05, 4.69) is 0 Å². The highest BCUT2D eigenvalue weighted by Crippen LogP contribution is 2.04. The van der Waals surface area contributed by atoms with Gasteiger partial charge in [0.05, 0.1) is 6.08 Å². The van der Waals surface area contributed by atoms with E-state index >= 15 is 0 Å². The summed E-state index contributed by atoms with van der Waals surface area (Å²) >= 11 is 0. The van der Waals surface area contributed by atoms with Crippen LogP contribution in [0.2, 0.25) is 0 Å². The molecule has 0 saturated heterocycles. The summed E-state index contributed by atoms with van der Waals surface area (Å²) in [6.45, 7) is 0. The first-order chi connectivity index (χ1) is 6.11. The van der Waals surface area contributed by atoms with Gasteiger partial charge in [0.1, 0.15) is 5.70 Å². The lowest BCUT2D eigenvalue weighted by Crippen LogP contribution is -2.08. The second-order valence-electron chi connectivity index (χ2n) is 2.26. The van der Waals surface area contributed by atoms with Crippen molar-refractivity contribution in [1.29, 1.82) is 0 Å². The van der Waals surface area contributed by atoms with Crippen molar-refractivity contribution in [2.75, 3.05) is 0 Å². The van der Waals surface area contributed by atoms with Crippen molar-refractivity contribution in [3.05, 3.63) is 30.6 Å². The number of rotatable bonds is 3. The minimum absolute atomic E-state index is 0.294. The van der Waals surface area contributed by atoms with E-state index in [-0.39, 0.29) is 5.70 Å². The molecule has 0 aromatic carbocycles. The number of carboxylic acid groups (broad SMARTS) is 2. The Kier molecular flexibility index (Phi) is 2.49. The van der Waals surface area contributed by atoms with Crippen LogP contribution in [0.4, 0.5) is 0 Å². The average Bonchev–Trinajstić information content (AvgIpc) is 2.50. The number of carboxylic acids is 2. The van der Waals surface area contributed by atoms with E-state index in [9.17, 15) is 9.59 Å². The van der Waals surface area contributed by atoms with Crippen LogP contribution in [-0.2, 0) is 9.59 Å². The Balaban J connectivity index is 3.08. The Morgan fingerprint density at radius 2 is 1.69 bits per heavy atom. The number of aromatic nitrogens is 1. The summed E-state index contributed by atoms with van der Waals surface area (Å²) in [7, 11) is 0. The fraction of sp³-hybridized carbons (Fsp3) is 0. The summed E-state index contributed by atoms with van der Waals surface area (Å²) < 4.78 is 1.22. The van der Waals surface area contributed by atoms with Crippen molar-refractivity contribution in [3.63, 3.8) is 0 Å². The lowest BCUT2D eigenvalue weighted by molar-refractivity contribution is -0.133. The average molecular weight is 181 g/mol. The second kappa shape index (κ2) is 3.57. The molecule has 1 heterocycles. The standard InChI is InChI=1S/C8H7NO4/c10-7(11)5-6(8(12)13)9-3-1-2-4-9/h1-5H,(H,10,11)(H,12,13)/b6-5+. The molecule has 1 aromatic heterocycles. The van der Waals surface area contributed by atoms with Crippen LogP contribution in [-0.4, -0.2) is 26.7 Å². The molecule has 0 fully saturated rings. The smallest absolute Gasteiger partial charge is 0.353 e. The Bertz CT molecular complexity index is 350. The van der Waals surface area contributed by atoms with E-state index < -0.39 is 11.9 Å². The third-order valence-corrected chi connectivity index (χ3v) is 1.36. The SMILES string of the molecule is O=C(O)/C=C(\C(=O)O)n1cccc1. The van der Waals surface area contributed by atoms with Crippen LogP contribution >= 0.6 is 0 Å². The maximum atomic E-state index is 10.6. The first kappa shape index (κ1) is 9.05. The third-order valence-electron chi connectivity index (χ3n) is 1.36. The number of hydrogen-bond acceptors (Lipinski definition) is 2. The van der Waals surface area contributed by atoms with Gasteiger partial charge >= 0.3 is 11.9 Å². The molecule has 5 heteroatoms. The molecule has 0 aliphatic heterocycles. The van der Waals surface area contributed by atoms with Crippen LogP contribution in [0, 0.1) is 0 Å². The quantitative estimate of drug-likeness (QED) is 0.665. The molecule has 0 aliphatic carbocycles. The van der Waals surface area contributed by atoms with Gasteiger partial charge in [-0.2, -0.15) is 0 Å². The molecule has 0 unspecified atom stereocenters. The largest absolute Gasteiger partial charge is 0.478 e. The fourth-order valence-corrected chi connectivity index (χ4v) is 0.859. The van der Waals surface area contributed by atoms with Gasteiger partial charge in [-0.1, -0.05) is 0 Å². The predicted octanol–water partition coefficient (Wildman–Crippen LogP) is 0.498. The molecular formula is C8H7NO4. The van der Waals surface area contributed by atoms with Crippen LogP contribution in [0.25, 0.3) is 5.70 Å². The lowest BCUT2D eigenvalue weighted by Gasteiger charge is -2.00. The Hall–Kier alpha value is -2.04. The summed E-state index contributed by atoms with van der Waals surface area (Å²) in [6.07, 6.45) is 3.56. The van der Waals surface area contributed by atoms with Gasteiger partial charge in [0.2, 0.25) is 0 Å². The molecule has 68 valence electrons. The van der Waals surface area contributed by atoms with Crippen molar-refractivity contribution < 1.29 is 19.8 Å². The minimum Gasteiger partial charge on any atom is -0.478 e. The Labute approximate surface area is 73.5 Å². The summed E-state index contributed by atoms with van der Waals surface area (Å²) in [5.41, 5.74) is -0.294. The van der Waals surface area contributed by atoms with Crippen LogP contribution in [0.3, 0.4) is 0 Å². The zero-order valence-corrected chi connectivity index (χ0v) is 6.54. The van der Waals surface area contributed by atoms with E-state index in [1.807, 2.05) is 0 Å². The first-order valence-electron chi connectivity index (χ1n) is 3.42. The number of aliphatic carboxylic acids is 2. The van der Waals surface area contributed by atoms with E-state index in [1.54, 1.807) is 12.1 Å². The van der Waals surface area contributed by atoms with Gasteiger partial charge in [-0.05, 0) is 12.1 Å². The van der Waals surface area contributed by atoms with Gasteiger partial charge in [-0.25, -0.2) is 9.59 Å². The van der Waals surface area contributed by atoms with Crippen LogP contribution in [0.5, 0.6) is 0 Å². The topological polar surface area (TPSA) is 79.5 Å². The number of nitrogens with zero attached hydrogens (tertiary/aromatic N) is 1. The highest BCUT2D eigenvalue weighted by atomic mass is 16.4. The molecule has 13 heavy (non-hydrogen) atoms. The molecule has 5 nitrogen and oxygen atoms in total. The molecular weight excluding hydrogens is 174 g/mol. The molecule has 0 bridgehead atoms. The van der Waals surface area contributed by atoms with Crippen molar-refractivity contribution in [2.24, 2.45) is 0 Å². The molecule has 0 saturated carbocycles. The van der Waals surface area contributed by atoms with E-state index in [0.29, 0.717) is 6.08 Å². The second-order valence-corrected chi connectivity index (χ2v) is 2.26. The van der Waals surface area contributed by atoms with Crippen LogP contribution < -0.4 is 0 Å². The molecule has 0 aliphatic rings. The van der Waals surface area contributed by atoms with Gasteiger partial charge in [0.15, 0.2) is 0 Å². The lowest BCUT2D eigenvalue weighted by atomic mass is 10.4. The molecule has 2 N–H and O–H groups in total. The van der Waals surface area contributed by atoms with Crippen molar-refractivity contribution in [3.8, 4) is 0 Å². The highest BCUT2D eigenvalue weighted by molar-refractivity contribution is 6.13. The van der Waals surface area contributed by atoms with Crippen molar-refractivity contribution in [1.82, 2.24) is 4.57 Å². The summed E-state index contributed by atoms with van der Waals surface area (Å²) in [6, 6.07) is 3.22. The highest BCUT2D eigenvalue weighted by Gasteiger charge is 2.10. The predicted molar refractivity (Wildman–Crippen MR) is 44.0 cm³/mol. The molecule has 0 spiro atoms. The first-order valence-corrected chi connectivity index (χ1v) is 3.42. The zero-order chi connectivity index (χ0) is 9.84. The summed E-state index contributed by atoms with van der Waals surface area (Å²) in [5.74, 6) is -2.57. The van der Waals surface area contributed by atoms with Gasteiger partial charge in [0.25, 0.3) is 0 Å². The molecule has 1 rings (SSSR count). The number of carbonyl (C=O) groups is 2. The zero-order valence-electron chi connectivity index (χ0n) is 6.54. The van der Waals surface area contributed by atoms with Gasteiger partial charge < -0.3 is 14.8 Å². The van der Waals surface area contributed by atoms with E-state index in [4.69, 9.17) is 10.2 Å².